The van der Waals surface area contributed by atoms with Crippen LogP contribution in [0, 0.1) is 0 Å². The van der Waals surface area contributed by atoms with Crippen LogP contribution in [0.15, 0.2) is 0 Å². The molecule has 0 N–H and O–H groups in total. The lowest BCUT2D eigenvalue weighted by atomic mass is 11.6. The summed E-state index contributed by atoms with van der Waals surface area (Å²) in [5, 5.41) is 0. The fourth-order valence-electron chi connectivity index (χ4n) is 0.0857. The van der Waals surface area contributed by atoms with Gasteiger partial charge in [-0.05, 0) is 0 Å². The van der Waals surface area contributed by atoms with Gasteiger partial charge in [-0.1, -0.05) is 0 Å². The van der Waals surface area contributed by atoms with E-state index in [9.17, 15) is 13.0 Å². The molecule has 0 saturated heterocycles. The highest BCUT2D eigenvalue weighted by Gasteiger charge is 1.98. The van der Waals surface area contributed by atoms with Crippen molar-refractivity contribution in [3.8, 4) is 0 Å². The maximum Gasteiger partial charge on any atom is 0.102 e. The van der Waals surface area contributed by atoms with E-state index < -0.39 is 22.3 Å². The zero-order valence-corrected chi connectivity index (χ0v) is 6.12. The molecule has 0 radical (unpaired) electrons. The molecule has 0 aromatic rings. The standard InChI is InChI=1S/C2H7NO3S2/c1-3(7(2)4)8(5)6/h1-2H3,(H,5,6)/p-1. The van der Waals surface area contributed by atoms with Crippen molar-refractivity contribution in [3.63, 3.8) is 0 Å². The van der Waals surface area contributed by atoms with Crippen molar-refractivity contribution in [2.75, 3.05) is 13.3 Å². The monoisotopic (exact) mass is 156 g/mol. The van der Waals surface area contributed by atoms with E-state index in [1.54, 1.807) is 0 Å². The Labute approximate surface area is 52.9 Å². The van der Waals surface area contributed by atoms with Gasteiger partial charge < -0.3 is 4.55 Å². The third kappa shape index (κ3) is 2.51. The van der Waals surface area contributed by atoms with Crippen LogP contribution in [0.2, 0.25) is 0 Å². The largest absolute Gasteiger partial charge is 0.759 e. The highest BCUT2D eigenvalue weighted by molar-refractivity contribution is 7.94. The first-order valence-electron chi connectivity index (χ1n) is 1.72. The minimum absolute atomic E-state index is 0.722. The molecular weight excluding hydrogens is 150 g/mol. The molecule has 0 amide bonds. The molecule has 8 heavy (non-hydrogen) atoms. The molecular formula is C2H6NO3S2-. The third-order valence-corrected chi connectivity index (χ3v) is 2.71. The van der Waals surface area contributed by atoms with Crippen molar-refractivity contribution in [1.29, 1.82) is 0 Å². The minimum atomic E-state index is -2.36. The Morgan fingerprint density at radius 1 is 1.50 bits per heavy atom. The first kappa shape index (κ1) is 8.22. The van der Waals surface area contributed by atoms with E-state index in [0.717, 1.165) is 3.71 Å². The summed E-state index contributed by atoms with van der Waals surface area (Å²) in [5.74, 6) is 0. The van der Waals surface area contributed by atoms with Gasteiger partial charge in [-0.3, -0.25) is 4.21 Å². The molecule has 0 aromatic carbocycles. The van der Waals surface area contributed by atoms with E-state index in [0.29, 0.717) is 0 Å². The molecule has 0 aromatic heterocycles. The molecule has 0 fully saturated rings. The summed E-state index contributed by atoms with van der Waals surface area (Å²) in [7, 11) is -0.184. The van der Waals surface area contributed by atoms with Crippen LogP contribution >= 0.6 is 0 Å². The molecule has 6 heteroatoms. The molecule has 0 aliphatic carbocycles. The van der Waals surface area contributed by atoms with Gasteiger partial charge >= 0.3 is 0 Å². The first-order chi connectivity index (χ1) is 3.55. The zero-order chi connectivity index (χ0) is 6.73. The maximum atomic E-state index is 10.2. The lowest BCUT2D eigenvalue weighted by Crippen LogP contribution is -2.21. The van der Waals surface area contributed by atoms with Gasteiger partial charge in [0.2, 0.25) is 0 Å². The van der Waals surface area contributed by atoms with Gasteiger partial charge in [-0.2, -0.15) is 3.71 Å². The number of nitrogens with zero attached hydrogens (tertiary/aromatic N) is 1. The van der Waals surface area contributed by atoms with Crippen LogP contribution in [0.5, 0.6) is 0 Å². The summed E-state index contributed by atoms with van der Waals surface area (Å²) in [6.07, 6.45) is 1.29. The fraction of sp³-hybridized carbons (Fsp3) is 1.00. The Bertz CT molecular complexity index is 110. The Balaban J connectivity index is 3.83. The summed E-state index contributed by atoms with van der Waals surface area (Å²) in [5.41, 5.74) is 0. The van der Waals surface area contributed by atoms with E-state index >= 15 is 0 Å². The Kier molecular flexibility index (Phi) is 3.38. The number of rotatable bonds is 2. The van der Waals surface area contributed by atoms with E-state index in [1.165, 1.54) is 13.3 Å². The van der Waals surface area contributed by atoms with Crippen LogP contribution in [0.25, 0.3) is 0 Å². The maximum absolute atomic E-state index is 10.2. The van der Waals surface area contributed by atoms with E-state index in [-0.39, 0.29) is 0 Å². The molecule has 2 unspecified atom stereocenters. The Morgan fingerprint density at radius 3 is 1.88 bits per heavy atom. The van der Waals surface area contributed by atoms with Crippen molar-refractivity contribution >= 4 is 22.3 Å². The van der Waals surface area contributed by atoms with Gasteiger partial charge in [0, 0.05) is 24.6 Å². The van der Waals surface area contributed by atoms with E-state index in [1.807, 2.05) is 0 Å². The third-order valence-electron chi connectivity index (χ3n) is 0.572. The van der Waals surface area contributed by atoms with Crippen molar-refractivity contribution in [1.82, 2.24) is 3.71 Å². The smallest absolute Gasteiger partial charge is 0.102 e. The van der Waals surface area contributed by atoms with Gasteiger partial charge in [0.25, 0.3) is 0 Å². The molecule has 0 spiro atoms. The minimum Gasteiger partial charge on any atom is -0.759 e. The average Bonchev–Trinajstić information content (AvgIpc) is 1.64. The first-order valence-corrected chi connectivity index (χ1v) is 4.27. The lowest BCUT2D eigenvalue weighted by molar-refractivity contribution is 0.501. The molecule has 0 saturated carbocycles. The Morgan fingerprint density at radius 2 is 1.88 bits per heavy atom. The molecule has 0 heterocycles. The summed E-state index contributed by atoms with van der Waals surface area (Å²) in [4.78, 5) is 0. The second-order valence-corrected chi connectivity index (χ2v) is 3.69. The van der Waals surface area contributed by atoms with Crippen molar-refractivity contribution < 1.29 is 13.0 Å². The van der Waals surface area contributed by atoms with Gasteiger partial charge in [-0.25, -0.2) is 4.21 Å². The highest BCUT2D eigenvalue weighted by Crippen LogP contribution is 1.87. The SMILES string of the molecule is CN(S(C)=O)S(=O)[O-]. The topological polar surface area (TPSA) is 60.4 Å². The highest BCUT2D eigenvalue weighted by atomic mass is 32.3. The molecule has 0 rings (SSSR count). The Hall–Kier alpha value is 0.220. The molecule has 2 atom stereocenters. The second-order valence-electron chi connectivity index (χ2n) is 1.08. The second kappa shape index (κ2) is 3.29. The van der Waals surface area contributed by atoms with E-state index in [2.05, 4.69) is 0 Å². The summed E-state index contributed by atoms with van der Waals surface area (Å²) >= 11 is -2.36. The molecule has 50 valence electrons. The van der Waals surface area contributed by atoms with Gasteiger partial charge in [-0.15, -0.1) is 0 Å². The van der Waals surface area contributed by atoms with Crippen LogP contribution in [0.3, 0.4) is 0 Å². The van der Waals surface area contributed by atoms with Crippen molar-refractivity contribution in [2.45, 2.75) is 0 Å². The molecule has 0 bridgehead atoms. The number of hydrogen-bond acceptors (Lipinski definition) is 3. The van der Waals surface area contributed by atoms with Gasteiger partial charge in [0.15, 0.2) is 0 Å². The molecule has 0 aliphatic heterocycles. The van der Waals surface area contributed by atoms with E-state index in [4.69, 9.17) is 0 Å². The normalized spacial score (nSPS) is 18.5. The van der Waals surface area contributed by atoms with Crippen LogP contribution < -0.4 is 0 Å². The van der Waals surface area contributed by atoms with Crippen LogP contribution in [-0.2, 0) is 22.3 Å². The fourth-order valence-corrected chi connectivity index (χ4v) is 0.771. The summed E-state index contributed by atoms with van der Waals surface area (Å²) in [6.45, 7) is 0. The van der Waals surface area contributed by atoms with Gasteiger partial charge in [0.1, 0.15) is 11.0 Å². The average molecular weight is 156 g/mol. The van der Waals surface area contributed by atoms with Crippen LogP contribution in [0.1, 0.15) is 0 Å². The predicted octanol–water partition coefficient (Wildman–Crippen LogP) is -0.994. The number of hydrogen-bond donors (Lipinski definition) is 0. The van der Waals surface area contributed by atoms with Crippen molar-refractivity contribution in [2.24, 2.45) is 0 Å². The molecule has 4 nitrogen and oxygen atoms in total. The quantitative estimate of drug-likeness (QED) is 0.482. The van der Waals surface area contributed by atoms with Crippen LogP contribution in [-0.4, -0.2) is 30.0 Å². The predicted molar refractivity (Wildman–Crippen MR) is 30.7 cm³/mol. The molecule has 0 aliphatic rings. The lowest BCUT2D eigenvalue weighted by Gasteiger charge is -2.13. The van der Waals surface area contributed by atoms with Crippen LogP contribution in [0.4, 0.5) is 0 Å². The summed E-state index contributed by atoms with van der Waals surface area (Å²) in [6, 6.07) is 0. The van der Waals surface area contributed by atoms with Gasteiger partial charge in [0.05, 0.1) is 0 Å². The van der Waals surface area contributed by atoms with Crippen molar-refractivity contribution in [3.05, 3.63) is 0 Å². The summed E-state index contributed by atoms with van der Waals surface area (Å²) < 4.78 is 30.7. The zero-order valence-electron chi connectivity index (χ0n) is 4.49.